The summed E-state index contributed by atoms with van der Waals surface area (Å²) in [6.45, 7) is 3.37. The van der Waals surface area contributed by atoms with Crippen LogP contribution in [0.5, 0.6) is 0 Å². The van der Waals surface area contributed by atoms with Gasteiger partial charge in [0.2, 0.25) is 11.8 Å². The van der Waals surface area contributed by atoms with Crippen LogP contribution in [0, 0.1) is 0 Å². The number of esters is 1. The van der Waals surface area contributed by atoms with Crippen LogP contribution in [0.2, 0.25) is 0 Å². The Balaban J connectivity index is 4.36. The van der Waals surface area contributed by atoms with Crippen molar-refractivity contribution in [1.82, 2.24) is 10.6 Å². The number of carbonyl (C=O) groups excluding carboxylic acids is 3. The Kier molecular flexibility index (Phi) is 37.6. The third-order valence-electron chi connectivity index (χ3n) is 9.65. The second kappa shape index (κ2) is 39.7. The maximum absolute atomic E-state index is 12.8. The SMILES string of the molecule is CC/C=C\C/C=C\C/C=C\CCCCCC(=O)OC(CCCCCCCCCCCCCCC)CCCCCCCC(=O)NCC(=O)NC(CO)C(=O)O. The van der Waals surface area contributed by atoms with Gasteiger partial charge < -0.3 is 25.6 Å². The summed E-state index contributed by atoms with van der Waals surface area (Å²) >= 11 is 0. The molecule has 2 unspecified atom stereocenters. The van der Waals surface area contributed by atoms with Crippen LogP contribution >= 0.6 is 0 Å². The van der Waals surface area contributed by atoms with Crippen LogP contribution in [0.4, 0.5) is 0 Å². The molecule has 54 heavy (non-hydrogen) atoms. The van der Waals surface area contributed by atoms with Crippen molar-refractivity contribution in [1.29, 1.82) is 0 Å². The lowest BCUT2D eigenvalue weighted by Gasteiger charge is -2.18. The maximum Gasteiger partial charge on any atom is 0.328 e. The van der Waals surface area contributed by atoms with Crippen molar-refractivity contribution < 1.29 is 34.1 Å². The number of hydrogen-bond donors (Lipinski definition) is 4. The molecule has 0 saturated carbocycles. The molecule has 0 aliphatic rings. The average molecular weight is 761 g/mol. The van der Waals surface area contributed by atoms with Gasteiger partial charge in [-0.1, -0.05) is 153 Å². The van der Waals surface area contributed by atoms with Crippen LogP contribution in [-0.2, 0) is 23.9 Å². The molecule has 312 valence electrons. The first-order valence-corrected chi connectivity index (χ1v) is 21.9. The molecule has 0 spiro atoms. The van der Waals surface area contributed by atoms with Gasteiger partial charge in [-0.15, -0.1) is 0 Å². The van der Waals surface area contributed by atoms with Gasteiger partial charge in [-0.3, -0.25) is 14.4 Å². The van der Waals surface area contributed by atoms with E-state index in [0.717, 1.165) is 89.9 Å². The second-order valence-electron chi connectivity index (χ2n) is 14.8. The van der Waals surface area contributed by atoms with Crippen molar-refractivity contribution in [2.45, 2.75) is 212 Å². The van der Waals surface area contributed by atoms with E-state index in [4.69, 9.17) is 14.9 Å². The lowest BCUT2D eigenvalue weighted by molar-refractivity contribution is -0.150. The molecule has 0 saturated heterocycles. The third kappa shape index (κ3) is 36.1. The van der Waals surface area contributed by atoms with Crippen LogP contribution in [0.3, 0.4) is 0 Å². The Morgan fingerprint density at radius 2 is 1.06 bits per heavy atom. The minimum Gasteiger partial charge on any atom is -0.480 e. The van der Waals surface area contributed by atoms with E-state index >= 15 is 0 Å². The van der Waals surface area contributed by atoms with Gasteiger partial charge in [0.05, 0.1) is 13.2 Å². The fraction of sp³-hybridized carbons (Fsp3) is 0.778. The quantitative estimate of drug-likeness (QED) is 0.0277. The van der Waals surface area contributed by atoms with E-state index in [0.29, 0.717) is 19.3 Å². The molecule has 0 aliphatic carbocycles. The first-order valence-electron chi connectivity index (χ1n) is 21.9. The van der Waals surface area contributed by atoms with Gasteiger partial charge in [-0.05, 0) is 70.6 Å². The number of hydrogen-bond acceptors (Lipinski definition) is 6. The van der Waals surface area contributed by atoms with Crippen molar-refractivity contribution >= 4 is 23.8 Å². The number of carbonyl (C=O) groups is 4. The summed E-state index contributed by atoms with van der Waals surface area (Å²) in [5.74, 6) is -2.32. The summed E-state index contributed by atoms with van der Waals surface area (Å²) in [7, 11) is 0. The van der Waals surface area contributed by atoms with E-state index in [-0.39, 0.29) is 24.5 Å². The molecule has 9 heteroatoms. The number of unbranched alkanes of at least 4 members (excludes halogenated alkanes) is 19. The average Bonchev–Trinajstić information content (AvgIpc) is 3.15. The molecule has 2 atom stereocenters. The Morgan fingerprint density at radius 3 is 1.59 bits per heavy atom. The zero-order chi connectivity index (χ0) is 39.7. The van der Waals surface area contributed by atoms with Crippen molar-refractivity contribution in [3.8, 4) is 0 Å². The number of allylic oxidation sites excluding steroid dienone is 6. The molecule has 0 radical (unpaired) electrons. The number of ether oxygens (including phenoxy) is 1. The van der Waals surface area contributed by atoms with Gasteiger partial charge in [0, 0.05) is 12.8 Å². The highest BCUT2D eigenvalue weighted by Crippen LogP contribution is 2.19. The summed E-state index contributed by atoms with van der Waals surface area (Å²) in [6.07, 6.45) is 44.5. The predicted octanol–water partition coefficient (Wildman–Crippen LogP) is 10.6. The first kappa shape index (κ1) is 51.1. The number of nitrogens with one attached hydrogen (secondary N) is 2. The molecular weight excluding hydrogens is 681 g/mol. The third-order valence-corrected chi connectivity index (χ3v) is 9.65. The topological polar surface area (TPSA) is 142 Å². The smallest absolute Gasteiger partial charge is 0.328 e. The van der Waals surface area contributed by atoms with Crippen molar-refractivity contribution in [3.05, 3.63) is 36.5 Å². The summed E-state index contributed by atoms with van der Waals surface area (Å²) in [4.78, 5) is 47.6. The number of carboxylic acids is 1. The number of aliphatic hydroxyl groups is 1. The van der Waals surface area contributed by atoms with E-state index < -0.39 is 24.5 Å². The first-order chi connectivity index (χ1) is 26.3. The number of amides is 2. The molecular formula is C45H80N2O7. The zero-order valence-electron chi connectivity index (χ0n) is 34.5. The maximum atomic E-state index is 12.8. The van der Waals surface area contributed by atoms with E-state index in [9.17, 15) is 19.2 Å². The summed E-state index contributed by atoms with van der Waals surface area (Å²) < 4.78 is 6.02. The van der Waals surface area contributed by atoms with Gasteiger partial charge >= 0.3 is 11.9 Å². The number of carboxylic acid groups (broad SMARTS) is 1. The summed E-state index contributed by atoms with van der Waals surface area (Å²) in [6, 6.07) is -1.38. The molecule has 0 aromatic rings. The number of aliphatic hydroxyl groups excluding tert-OH is 1. The van der Waals surface area contributed by atoms with Crippen molar-refractivity contribution in [3.63, 3.8) is 0 Å². The zero-order valence-corrected chi connectivity index (χ0v) is 34.5. The van der Waals surface area contributed by atoms with Crippen molar-refractivity contribution in [2.75, 3.05) is 13.2 Å². The lowest BCUT2D eigenvalue weighted by atomic mass is 10.0. The minimum atomic E-state index is -1.38. The molecule has 0 fully saturated rings. The predicted molar refractivity (Wildman–Crippen MR) is 222 cm³/mol. The van der Waals surface area contributed by atoms with Crippen LogP contribution in [0.25, 0.3) is 0 Å². The van der Waals surface area contributed by atoms with Gasteiger partial charge in [0.25, 0.3) is 0 Å². The highest BCUT2D eigenvalue weighted by Gasteiger charge is 2.19. The molecule has 9 nitrogen and oxygen atoms in total. The fourth-order valence-corrected chi connectivity index (χ4v) is 6.32. The molecule has 0 aliphatic heterocycles. The second-order valence-corrected chi connectivity index (χ2v) is 14.8. The molecule has 0 aromatic heterocycles. The summed E-state index contributed by atoms with van der Waals surface area (Å²) in [5.41, 5.74) is 0. The van der Waals surface area contributed by atoms with Gasteiger partial charge in [-0.2, -0.15) is 0 Å². The normalized spacial score (nSPS) is 12.8. The van der Waals surface area contributed by atoms with E-state index in [1.54, 1.807) is 0 Å². The summed E-state index contributed by atoms with van der Waals surface area (Å²) in [5, 5.41) is 22.6. The van der Waals surface area contributed by atoms with E-state index in [1.165, 1.54) is 77.0 Å². The van der Waals surface area contributed by atoms with E-state index in [1.807, 2.05) is 0 Å². The Bertz CT molecular complexity index is 1010. The van der Waals surface area contributed by atoms with Crippen LogP contribution in [0.15, 0.2) is 36.5 Å². The molecule has 0 heterocycles. The number of rotatable bonds is 39. The molecule has 2 amide bonds. The van der Waals surface area contributed by atoms with Crippen LogP contribution in [0.1, 0.15) is 200 Å². The van der Waals surface area contributed by atoms with Crippen molar-refractivity contribution in [2.24, 2.45) is 0 Å². The van der Waals surface area contributed by atoms with E-state index in [2.05, 4.69) is 60.9 Å². The molecule has 0 aromatic carbocycles. The highest BCUT2D eigenvalue weighted by molar-refractivity contribution is 5.87. The molecule has 0 bridgehead atoms. The standard InChI is InChI=1S/C45H80N2O7/c1-3-5-7-9-11-13-15-17-19-21-23-26-30-34-40(54-44(51)37-33-29-24-22-20-18-16-14-12-10-8-6-4-2)35-31-27-25-28-32-36-42(49)46-38-43(50)47-41(39-48)45(52)53/h6,8,12,14,18,20,40-41,48H,3-5,7,9-11,13,15-17,19,21-39H2,1-2H3,(H,46,49)(H,47,50)(H,52,53)/b8-6-,14-12-,20-18-. The van der Waals surface area contributed by atoms with Gasteiger partial charge in [0.1, 0.15) is 12.1 Å². The molecule has 4 N–H and O–H groups in total. The minimum absolute atomic E-state index is 0.0258. The molecule has 0 rings (SSSR count). The lowest BCUT2D eigenvalue weighted by Crippen LogP contribution is -2.47. The Morgan fingerprint density at radius 1 is 0.574 bits per heavy atom. The fourth-order valence-electron chi connectivity index (χ4n) is 6.32. The Labute approximate surface area is 329 Å². The number of aliphatic carboxylic acids is 1. The highest BCUT2D eigenvalue weighted by atomic mass is 16.5. The van der Waals surface area contributed by atoms with Gasteiger partial charge in [0.15, 0.2) is 0 Å². The van der Waals surface area contributed by atoms with Crippen LogP contribution < -0.4 is 10.6 Å². The largest absolute Gasteiger partial charge is 0.480 e. The van der Waals surface area contributed by atoms with Crippen LogP contribution in [-0.4, -0.2) is 59.3 Å². The van der Waals surface area contributed by atoms with Gasteiger partial charge in [-0.25, -0.2) is 4.79 Å². The monoisotopic (exact) mass is 761 g/mol. The Hall–Kier alpha value is -2.94.